The third kappa shape index (κ3) is 11.7. The first kappa shape index (κ1) is 25.0. The van der Waals surface area contributed by atoms with Crippen molar-refractivity contribution in [3.63, 3.8) is 0 Å². The lowest BCUT2D eigenvalue weighted by Crippen LogP contribution is -2.48. The summed E-state index contributed by atoms with van der Waals surface area (Å²) in [7, 11) is 0. The summed E-state index contributed by atoms with van der Waals surface area (Å²) in [5.74, 6) is 1.00. The topological polar surface area (TPSA) is 9.23 Å². The molecule has 1 aromatic carbocycles. The molecule has 2 heteroatoms. The van der Waals surface area contributed by atoms with Crippen LogP contribution in [0.4, 0.5) is 0 Å². The van der Waals surface area contributed by atoms with E-state index < -0.39 is 0 Å². The number of quaternary nitrogens is 1. The monoisotopic (exact) mass is 390 g/mol. The Kier molecular flexibility index (Phi) is 15.1. The summed E-state index contributed by atoms with van der Waals surface area (Å²) < 4.78 is 7.06. The predicted molar refractivity (Wildman–Crippen MR) is 124 cm³/mol. The third-order valence-electron chi connectivity index (χ3n) is 6.55. The number of benzene rings is 1. The molecule has 28 heavy (non-hydrogen) atoms. The van der Waals surface area contributed by atoms with E-state index in [0.717, 1.165) is 12.4 Å². The van der Waals surface area contributed by atoms with Gasteiger partial charge < -0.3 is 9.22 Å². The summed E-state index contributed by atoms with van der Waals surface area (Å²) in [6, 6.07) is 10.2. The van der Waals surface area contributed by atoms with Crippen molar-refractivity contribution in [2.45, 2.75) is 97.8 Å². The number of para-hydroxylation sites is 1. The predicted octanol–water partition coefficient (Wildman–Crippen LogP) is 7.62. The van der Waals surface area contributed by atoms with Gasteiger partial charge in [-0.05, 0) is 52.2 Å². The second-order valence-corrected chi connectivity index (χ2v) is 8.42. The molecule has 2 nitrogen and oxygen atoms in total. The molecule has 0 amide bonds. The Morgan fingerprint density at radius 1 is 0.571 bits per heavy atom. The second-order valence-electron chi connectivity index (χ2n) is 8.42. The van der Waals surface area contributed by atoms with Crippen LogP contribution in [-0.2, 0) is 0 Å². The van der Waals surface area contributed by atoms with E-state index in [2.05, 4.69) is 20.8 Å². The molecule has 0 unspecified atom stereocenters. The van der Waals surface area contributed by atoms with Gasteiger partial charge in [0.05, 0.1) is 32.8 Å². The Morgan fingerprint density at radius 3 is 1.46 bits per heavy atom. The number of hydrogen-bond acceptors (Lipinski definition) is 1. The Bertz CT molecular complexity index is 433. The molecule has 0 aliphatic heterocycles. The second kappa shape index (κ2) is 16.9. The molecule has 0 saturated carbocycles. The maximum atomic E-state index is 5.74. The van der Waals surface area contributed by atoms with Crippen molar-refractivity contribution in [3.05, 3.63) is 30.3 Å². The molecule has 0 heterocycles. The highest BCUT2D eigenvalue weighted by Crippen LogP contribution is 2.14. The van der Waals surface area contributed by atoms with Gasteiger partial charge in [-0.1, -0.05) is 76.0 Å². The minimum Gasteiger partial charge on any atom is -0.494 e. The summed E-state index contributed by atoms with van der Waals surface area (Å²) in [6.45, 7) is 13.2. The number of ether oxygens (including phenoxy) is 1. The highest BCUT2D eigenvalue weighted by molar-refractivity contribution is 5.20. The smallest absolute Gasteiger partial charge is 0.119 e. The Morgan fingerprint density at radius 2 is 1.00 bits per heavy atom. The summed E-state index contributed by atoms with van der Waals surface area (Å²) in [5, 5.41) is 0. The molecule has 0 spiro atoms. The van der Waals surface area contributed by atoms with Crippen LogP contribution in [0.25, 0.3) is 0 Å². The van der Waals surface area contributed by atoms with Crippen LogP contribution >= 0.6 is 0 Å². The minimum atomic E-state index is 0.860. The number of nitrogens with zero attached hydrogens (tertiary/aromatic N) is 1. The Balaban J connectivity index is 1.79. The van der Waals surface area contributed by atoms with Gasteiger partial charge in [0.25, 0.3) is 0 Å². The van der Waals surface area contributed by atoms with Gasteiger partial charge in [0.2, 0.25) is 0 Å². The number of unbranched alkanes of at least 4 members (excludes halogenated alkanes) is 11. The van der Waals surface area contributed by atoms with Crippen molar-refractivity contribution >= 4 is 0 Å². The first-order valence-corrected chi connectivity index (χ1v) is 12.3. The summed E-state index contributed by atoms with van der Waals surface area (Å²) in [4.78, 5) is 0. The van der Waals surface area contributed by atoms with Crippen molar-refractivity contribution in [3.8, 4) is 5.75 Å². The lowest BCUT2D eigenvalue weighted by Gasteiger charge is -2.35. The fraction of sp³-hybridized carbons (Fsp3) is 0.769. The zero-order valence-electron chi connectivity index (χ0n) is 19.3. The van der Waals surface area contributed by atoms with Gasteiger partial charge in [-0.2, -0.15) is 0 Å². The van der Waals surface area contributed by atoms with Gasteiger partial charge in [-0.3, -0.25) is 0 Å². The highest BCUT2D eigenvalue weighted by atomic mass is 16.5. The zero-order valence-corrected chi connectivity index (χ0v) is 19.3. The van der Waals surface area contributed by atoms with E-state index in [0.29, 0.717) is 0 Å². The van der Waals surface area contributed by atoms with Crippen molar-refractivity contribution in [2.75, 3.05) is 32.8 Å². The van der Waals surface area contributed by atoms with Crippen LogP contribution in [0.3, 0.4) is 0 Å². The van der Waals surface area contributed by atoms with Crippen LogP contribution in [-0.4, -0.2) is 37.3 Å². The summed E-state index contributed by atoms with van der Waals surface area (Å²) in [5.41, 5.74) is 0. The van der Waals surface area contributed by atoms with Crippen LogP contribution in [0, 0.1) is 0 Å². The number of rotatable bonds is 19. The summed E-state index contributed by atoms with van der Waals surface area (Å²) in [6.07, 6.45) is 16.7. The van der Waals surface area contributed by atoms with Crippen molar-refractivity contribution in [1.29, 1.82) is 0 Å². The first-order valence-electron chi connectivity index (χ1n) is 12.3. The van der Waals surface area contributed by atoms with E-state index in [1.807, 2.05) is 30.3 Å². The van der Waals surface area contributed by atoms with E-state index in [1.165, 1.54) is 108 Å². The molecule has 0 radical (unpaired) electrons. The normalized spacial score (nSPS) is 11.7. The van der Waals surface area contributed by atoms with Crippen molar-refractivity contribution in [1.82, 2.24) is 0 Å². The SMILES string of the molecule is CC[N+](CC)(CC)CCCCCCCCCCCCCCOc1ccccc1. The molecule has 0 bridgehead atoms. The fourth-order valence-electron chi connectivity index (χ4n) is 4.17. The zero-order chi connectivity index (χ0) is 20.3. The molecule has 0 atom stereocenters. The van der Waals surface area contributed by atoms with Crippen LogP contribution in [0.5, 0.6) is 5.75 Å². The van der Waals surface area contributed by atoms with Gasteiger partial charge in [0, 0.05) is 0 Å². The Hall–Kier alpha value is -1.02. The third-order valence-corrected chi connectivity index (χ3v) is 6.55. The molecule has 1 aromatic rings. The average molecular weight is 391 g/mol. The van der Waals surface area contributed by atoms with Crippen LogP contribution in [0.2, 0.25) is 0 Å². The lowest BCUT2D eigenvalue weighted by atomic mass is 10.0. The molecule has 0 saturated heterocycles. The molecule has 0 fully saturated rings. The van der Waals surface area contributed by atoms with Crippen LogP contribution < -0.4 is 4.74 Å². The van der Waals surface area contributed by atoms with Crippen molar-refractivity contribution in [2.24, 2.45) is 0 Å². The highest BCUT2D eigenvalue weighted by Gasteiger charge is 2.19. The molecular weight excluding hydrogens is 342 g/mol. The van der Waals surface area contributed by atoms with E-state index in [4.69, 9.17) is 4.74 Å². The Labute approximate surface area is 176 Å². The van der Waals surface area contributed by atoms with E-state index in [9.17, 15) is 0 Å². The summed E-state index contributed by atoms with van der Waals surface area (Å²) >= 11 is 0. The molecule has 0 aromatic heterocycles. The molecule has 0 aliphatic carbocycles. The molecule has 1 rings (SSSR count). The largest absolute Gasteiger partial charge is 0.494 e. The van der Waals surface area contributed by atoms with E-state index in [-0.39, 0.29) is 0 Å². The molecular formula is C26H48NO+. The number of hydrogen-bond donors (Lipinski definition) is 0. The average Bonchev–Trinajstić information content (AvgIpc) is 2.75. The van der Waals surface area contributed by atoms with Crippen LogP contribution in [0.15, 0.2) is 30.3 Å². The maximum Gasteiger partial charge on any atom is 0.119 e. The lowest BCUT2D eigenvalue weighted by molar-refractivity contribution is -0.923. The molecule has 0 aliphatic rings. The molecule has 162 valence electrons. The maximum absolute atomic E-state index is 5.74. The van der Waals surface area contributed by atoms with Crippen LogP contribution in [0.1, 0.15) is 97.8 Å². The van der Waals surface area contributed by atoms with E-state index >= 15 is 0 Å². The van der Waals surface area contributed by atoms with E-state index in [1.54, 1.807) is 0 Å². The van der Waals surface area contributed by atoms with Gasteiger partial charge in [0.1, 0.15) is 5.75 Å². The molecule has 0 N–H and O–H groups in total. The van der Waals surface area contributed by atoms with Gasteiger partial charge >= 0.3 is 0 Å². The van der Waals surface area contributed by atoms with Gasteiger partial charge in [-0.25, -0.2) is 0 Å². The first-order chi connectivity index (χ1) is 13.8. The fourth-order valence-corrected chi connectivity index (χ4v) is 4.17. The minimum absolute atomic E-state index is 0.860. The van der Waals surface area contributed by atoms with Crippen molar-refractivity contribution < 1.29 is 9.22 Å². The quantitative estimate of drug-likeness (QED) is 0.174. The van der Waals surface area contributed by atoms with Gasteiger partial charge in [-0.15, -0.1) is 0 Å². The van der Waals surface area contributed by atoms with Gasteiger partial charge in [0.15, 0.2) is 0 Å². The standard InChI is InChI=1S/C26H48NO/c1-4-27(5-2,6-3)24-20-15-13-11-9-7-8-10-12-14-16-21-25-28-26-22-18-17-19-23-26/h17-19,22-23H,4-16,20-21,24-25H2,1-3H3/q+1.